The number of nitrogens with two attached hydrogens (primary N) is 1. The van der Waals surface area contributed by atoms with Gasteiger partial charge in [0.1, 0.15) is 5.82 Å². The second kappa shape index (κ2) is 9.03. The molecule has 0 aliphatic carbocycles. The molecule has 0 bridgehead atoms. The average Bonchev–Trinajstić information content (AvgIpc) is 2.69. The summed E-state index contributed by atoms with van der Waals surface area (Å²) in [6.07, 6.45) is 0.968. The van der Waals surface area contributed by atoms with Crippen LogP contribution in [-0.2, 0) is 11.2 Å². The zero-order valence-corrected chi connectivity index (χ0v) is 16.1. The Morgan fingerprint density at radius 3 is 2.29 bits per heavy atom. The molecular formula is C20H22ClFN4O2. The number of primary amides is 1. The Hall–Kier alpha value is -2.64. The van der Waals surface area contributed by atoms with E-state index in [1.807, 2.05) is 29.3 Å². The molecule has 0 radical (unpaired) electrons. The van der Waals surface area contributed by atoms with Gasteiger partial charge in [0.2, 0.25) is 5.91 Å². The molecule has 1 fully saturated rings. The zero-order chi connectivity index (χ0) is 20.1. The monoisotopic (exact) mass is 404 g/mol. The highest BCUT2D eigenvalue weighted by atomic mass is 35.5. The number of carbonyl (C=O) groups is 2. The van der Waals surface area contributed by atoms with Crippen molar-refractivity contribution in [3.63, 3.8) is 0 Å². The molecule has 0 saturated carbocycles. The van der Waals surface area contributed by atoms with E-state index in [1.165, 1.54) is 6.07 Å². The van der Waals surface area contributed by atoms with Crippen molar-refractivity contribution in [2.75, 3.05) is 26.2 Å². The fourth-order valence-electron chi connectivity index (χ4n) is 3.07. The number of nitrogens with zero attached hydrogens (tertiary/aromatic N) is 2. The van der Waals surface area contributed by atoms with Crippen molar-refractivity contribution in [3.8, 4) is 11.1 Å². The van der Waals surface area contributed by atoms with Crippen molar-refractivity contribution in [3.05, 3.63) is 58.9 Å². The third-order valence-electron chi connectivity index (χ3n) is 4.72. The Morgan fingerprint density at radius 1 is 1.04 bits per heavy atom. The van der Waals surface area contributed by atoms with Crippen LogP contribution < -0.4 is 11.2 Å². The molecule has 3 N–H and O–H groups in total. The number of hydrazine groups is 1. The van der Waals surface area contributed by atoms with Crippen molar-refractivity contribution in [2.45, 2.75) is 12.8 Å². The summed E-state index contributed by atoms with van der Waals surface area (Å²) in [6.45, 7) is 2.13. The van der Waals surface area contributed by atoms with Crippen LogP contribution in [0.3, 0.4) is 0 Å². The van der Waals surface area contributed by atoms with Crippen LogP contribution in [-0.4, -0.2) is 48.0 Å². The summed E-state index contributed by atoms with van der Waals surface area (Å²) in [5.41, 5.74) is 10.9. The first-order chi connectivity index (χ1) is 13.4. The van der Waals surface area contributed by atoms with E-state index in [2.05, 4.69) is 5.43 Å². The van der Waals surface area contributed by atoms with E-state index in [0.29, 0.717) is 39.0 Å². The molecule has 1 saturated heterocycles. The van der Waals surface area contributed by atoms with Crippen LogP contribution in [0.5, 0.6) is 0 Å². The first-order valence-corrected chi connectivity index (χ1v) is 9.43. The highest BCUT2D eigenvalue weighted by Gasteiger charge is 2.20. The Morgan fingerprint density at radius 2 is 1.68 bits per heavy atom. The van der Waals surface area contributed by atoms with Gasteiger partial charge in [-0.25, -0.2) is 14.2 Å². The predicted octanol–water partition coefficient (Wildman–Crippen LogP) is 2.81. The van der Waals surface area contributed by atoms with Crippen LogP contribution in [0.25, 0.3) is 11.1 Å². The van der Waals surface area contributed by atoms with Crippen molar-refractivity contribution in [1.82, 2.24) is 15.3 Å². The maximum Gasteiger partial charge on any atom is 0.314 e. The molecule has 28 heavy (non-hydrogen) atoms. The van der Waals surface area contributed by atoms with Crippen molar-refractivity contribution in [1.29, 1.82) is 0 Å². The van der Waals surface area contributed by atoms with Gasteiger partial charge in [-0.05, 0) is 35.2 Å². The van der Waals surface area contributed by atoms with Gasteiger partial charge in [-0.15, -0.1) is 0 Å². The molecule has 3 rings (SSSR count). The molecule has 148 valence electrons. The molecule has 8 heteroatoms. The number of rotatable bonds is 5. The van der Waals surface area contributed by atoms with Gasteiger partial charge in [0.05, 0.1) is 5.02 Å². The normalized spacial score (nSPS) is 14.7. The molecular weight excluding hydrogens is 383 g/mol. The molecule has 1 aliphatic rings. The van der Waals surface area contributed by atoms with Gasteiger partial charge in [-0.1, -0.05) is 41.9 Å². The zero-order valence-electron chi connectivity index (χ0n) is 15.3. The topological polar surface area (TPSA) is 78.7 Å². The molecule has 1 heterocycles. The molecule has 6 nitrogen and oxygen atoms in total. The summed E-state index contributed by atoms with van der Waals surface area (Å²) >= 11 is 5.83. The lowest BCUT2D eigenvalue weighted by Gasteiger charge is -2.33. The Kier molecular flexibility index (Phi) is 6.49. The van der Waals surface area contributed by atoms with Crippen LogP contribution in [0.4, 0.5) is 9.18 Å². The van der Waals surface area contributed by atoms with Crippen LogP contribution >= 0.6 is 11.6 Å². The Balaban J connectivity index is 1.47. The minimum atomic E-state index is -0.441. The molecule has 0 unspecified atom stereocenters. The highest BCUT2D eigenvalue weighted by Crippen LogP contribution is 2.25. The maximum atomic E-state index is 13.3. The van der Waals surface area contributed by atoms with Gasteiger partial charge >= 0.3 is 6.03 Å². The van der Waals surface area contributed by atoms with Gasteiger partial charge in [-0.2, -0.15) is 0 Å². The third kappa shape index (κ3) is 5.21. The van der Waals surface area contributed by atoms with E-state index in [9.17, 15) is 14.0 Å². The maximum absolute atomic E-state index is 13.3. The summed E-state index contributed by atoms with van der Waals surface area (Å²) < 4.78 is 13.3. The lowest BCUT2D eigenvalue weighted by molar-refractivity contribution is -0.126. The average molecular weight is 405 g/mol. The number of amides is 3. The van der Waals surface area contributed by atoms with E-state index in [1.54, 1.807) is 17.0 Å². The van der Waals surface area contributed by atoms with Gasteiger partial charge in [0.25, 0.3) is 0 Å². The smallest absolute Gasteiger partial charge is 0.314 e. The minimum Gasteiger partial charge on any atom is -0.351 e. The van der Waals surface area contributed by atoms with E-state index >= 15 is 0 Å². The van der Waals surface area contributed by atoms with Crippen LogP contribution in [0, 0.1) is 5.82 Å². The molecule has 0 spiro atoms. The minimum absolute atomic E-state index is 0.0677. The highest BCUT2D eigenvalue weighted by molar-refractivity contribution is 6.31. The Bertz CT molecular complexity index is 852. The number of halogens is 2. The van der Waals surface area contributed by atoms with E-state index < -0.39 is 11.8 Å². The molecule has 3 amide bonds. The van der Waals surface area contributed by atoms with Crippen LogP contribution in [0.2, 0.25) is 5.02 Å². The Labute approximate surface area is 168 Å². The van der Waals surface area contributed by atoms with E-state index in [-0.39, 0.29) is 10.9 Å². The van der Waals surface area contributed by atoms with Crippen molar-refractivity contribution in [2.24, 2.45) is 5.73 Å². The number of carbonyl (C=O) groups excluding carboxylic acids is 2. The quantitative estimate of drug-likeness (QED) is 0.804. The first kappa shape index (κ1) is 20.1. The summed E-state index contributed by atoms with van der Waals surface area (Å²) in [5.74, 6) is -0.508. The van der Waals surface area contributed by atoms with E-state index in [4.69, 9.17) is 17.3 Å². The fourth-order valence-corrected chi connectivity index (χ4v) is 3.25. The number of urea groups is 1. The SMILES string of the molecule is NC(=O)N1CCN(NC(=O)CCc2ccc(-c3ccc(F)c(Cl)c3)cc2)CC1. The summed E-state index contributed by atoms with van der Waals surface area (Å²) in [6, 6.07) is 12.0. The summed E-state index contributed by atoms with van der Waals surface area (Å²) in [7, 11) is 0. The third-order valence-corrected chi connectivity index (χ3v) is 5.01. The summed E-state index contributed by atoms with van der Waals surface area (Å²) in [5, 5.41) is 1.90. The number of hydrogen-bond acceptors (Lipinski definition) is 3. The fraction of sp³-hybridized carbons (Fsp3) is 0.300. The summed E-state index contributed by atoms with van der Waals surface area (Å²) in [4.78, 5) is 24.8. The molecule has 2 aromatic rings. The number of piperazine rings is 1. The van der Waals surface area contributed by atoms with Crippen molar-refractivity contribution < 1.29 is 14.0 Å². The molecule has 0 aromatic heterocycles. The van der Waals surface area contributed by atoms with Gasteiger partial charge in [0.15, 0.2) is 0 Å². The number of benzene rings is 2. The first-order valence-electron chi connectivity index (χ1n) is 9.05. The second-order valence-corrected chi connectivity index (χ2v) is 7.08. The van der Waals surface area contributed by atoms with Gasteiger partial charge < -0.3 is 10.6 Å². The number of hydrogen-bond donors (Lipinski definition) is 2. The number of nitrogens with one attached hydrogen (secondary N) is 1. The van der Waals surface area contributed by atoms with Crippen LogP contribution in [0.1, 0.15) is 12.0 Å². The van der Waals surface area contributed by atoms with E-state index in [0.717, 1.165) is 16.7 Å². The standard InChI is InChI=1S/C20H22ClFN4O2/c21-17-13-16(6-7-18(17)22)15-4-1-14(2-5-15)3-8-19(27)24-26-11-9-25(10-12-26)20(23)28/h1-2,4-7,13H,3,8-12H2,(H2,23,28)(H,24,27). The molecule has 1 aliphatic heterocycles. The largest absolute Gasteiger partial charge is 0.351 e. The van der Waals surface area contributed by atoms with Crippen molar-refractivity contribution >= 4 is 23.5 Å². The molecule has 2 aromatic carbocycles. The number of aryl methyl sites for hydroxylation is 1. The lowest BCUT2D eigenvalue weighted by Crippen LogP contribution is -2.55. The van der Waals surface area contributed by atoms with Crippen LogP contribution in [0.15, 0.2) is 42.5 Å². The van der Waals surface area contributed by atoms with Gasteiger partial charge in [0, 0.05) is 32.6 Å². The predicted molar refractivity (Wildman–Crippen MR) is 106 cm³/mol. The lowest BCUT2D eigenvalue weighted by atomic mass is 10.0. The molecule has 0 atom stereocenters. The second-order valence-electron chi connectivity index (χ2n) is 6.67. The van der Waals surface area contributed by atoms with Gasteiger partial charge in [-0.3, -0.25) is 10.2 Å².